The Bertz CT molecular complexity index is 773. The number of nitrogens with one attached hydrogen (secondary N) is 2. The predicted molar refractivity (Wildman–Crippen MR) is 102 cm³/mol. The van der Waals surface area contributed by atoms with Crippen LogP contribution in [0.3, 0.4) is 0 Å². The zero-order valence-electron chi connectivity index (χ0n) is 16.6. The molecule has 8 heteroatoms. The summed E-state index contributed by atoms with van der Waals surface area (Å²) in [5, 5.41) is 5.45. The Morgan fingerprint density at radius 3 is 2.18 bits per heavy atom. The topological polar surface area (TPSA) is 95.1 Å². The van der Waals surface area contributed by atoms with E-state index < -0.39 is 18.0 Å². The van der Waals surface area contributed by atoms with Gasteiger partial charge in [-0.15, -0.1) is 0 Å². The standard InChI is InChI=1S/C20H26N2O6/c1-11-16(19(23)28-13-7-5-6-8-13)17(22-20(24)21-11)12-9-14(25-2)18(27-4)15(10-12)26-3/h9-10,13,17H,5-8H2,1-4H3,(H2,21,22,24). The van der Waals surface area contributed by atoms with E-state index in [1.807, 2.05) is 0 Å². The molecule has 1 fully saturated rings. The van der Waals surface area contributed by atoms with Crippen LogP contribution in [0.4, 0.5) is 4.79 Å². The van der Waals surface area contributed by atoms with Crippen molar-refractivity contribution in [3.05, 3.63) is 29.0 Å². The number of urea groups is 1. The van der Waals surface area contributed by atoms with Gasteiger partial charge in [-0.2, -0.15) is 0 Å². The summed E-state index contributed by atoms with van der Waals surface area (Å²) in [4.78, 5) is 25.0. The highest BCUT2D eigenvalue weighted by Crippen LogP contribution is 2.41. The van der Waals surface area contributed by atoms with Gasteiger partial charge in [0.25, 0.3) is 0 Å². The first kappa shape index (κ1) is 19.9. The molecule has 1 aliphatic heterocycles. The second kappa shape index (κ2) is 8.41. The van der Waals surface area contributed by atoms with Gasteiger partial charge in [0.15, 0.2) is 11.5 Å². The smallest absolute Gasteiger partial charge is 0.338 e. The van der Waals surface area contributed by atoms with E-state index in [0.29, 0.717) is 34.1 Å². The van der Waals surface area contributed by atoms with Gasteiger partial charge < -0.3 is 29.6 Å². The molecule has 2 amide bonds. The van der Waals surface area contributed by atoms with E-state index in [-0.39, 0.29) is 6.10 Å². The van der Waals surface area contributed by atoms with Gasteiger partial charge in [0, 0.05) is 5.70 Å². The highest BCUT2D eigenvalue weighted by molar-refractivity contribution is 5.95. The van der Waals surface area contributed by atoms with Crippen molar-refractivity contribution in [2.75, 3.05) is 21.3 Å². The minimum Gasteiger partial charge on any atom is -0.493 e. The summed E-state index contributed by atoms with van der Waals surface area (Å²) in [6.45, 7) is 1.69. The minimum atomic E-state index is -0.698. The van der Waals surface area contributed by atoms with Gasteiger partial charge in [-0.05, 0) is 50.3 Å². The van der Waals surface area contributed by atoms with Crippen LogP contribution in [-0.4, -0.2) is 39.4 Å². The molecule has 1 saturated carbocycles. The maximum Gasteiger partial charge on any atom is 0.338 e. The molecule has 3 rings (SSSR count). The summed E-state index contributed by atoms with van der Waals surface area (Å²) in [5.74, 6) is 0.872. The molecule has 1 aliphatic carbocycles. The van der Waals surface area contributed by atoms with Crippen LogP contribution in [0.2, 0.25) is 0 Å². The molecule has 0 saturated heterocycles. The van der Waals surface area contributed by atoms with Gasteiger partial charge in [0.2, 0.25) is 5.75 Å². The van der Waals surface area contributed by atoms with Gasteiger partial charge in [0.05, 0.1) is 32.9 Å². The highest BCUT2D eigenvalue weighted by Gasteiger charge is 2.35. The minimum absolute atomic E-state index is 0.0778. The average Bonchev–Trinajstić information content (AvgIpc) is 3.18. The van der Waals surface area contributed by atoms with Gasteiger partial charge in [-0.1, -0.05) is 0 Å². The third-order valence-electron chi connectivity index (χ3n) is 5.09. The lowest BCUT2D eigenvalue weighted by Gasteiger charge is -2.29. The summed E-state index contributed by atoms with van der Waals surface area (Å²) in [6, 6.07) is 2.34. The van der Waals surface area contributed by atoms with Crippen LogP contribution in [0.15, 0.2) is 23.4 Å². The lowest BCUT2D eigenvalue weighted by Crippen LogP contribution is -2.45. The Labute approximate surface area is 164 Å². The first-order valence-corrected chi connectivity index (χ1v) is 9.27. The number of methoxy groups -OCH3 is 3. The summed E-state index contributed by atoms with van der Waals surface area (Å²) < 4.78 is 21.8. The zero-order chi connectivity index (χ0) is 20.3. The average molecular weight is 390 g/mol. The van der Waals surface area contributed by atoms with E-state index >= 15 is 0 Å². The van der Waals surface area contributed by atoms with Crippen molar-refractivity contribution in [2.24, 2.45) is 0 Å². The Morgan fingerprint density at radius 1 is 1.04 bits per heavy atom. The van der Waals surface area contributed by atoms with Crippen LogP contribution >= 0.6 is 0 Å². The molecule has 1 atom stereocenters. The number of amides is 2. The maximum absolute atomic E-state index is 12.9. The first-order chi connectivity index (χ1) is 13.5. The van der Waals surface area contributed by atoms with E-state index in [4.69, 9.17) is 18.9 Å². The van der Waals surface area contributed by atoms with Crippen molar-refractivity contribution in [2.45, 2.75) is 44.8 Å². The van der Waals surface area contributed by atoms with Crippen LogP contribution in [0.1, 0.15) is 44.2 Å². The van der Waals surface area contributed by atoms with E-state index in [9.17, 15) is 9.59 Å². The van der Waals surface area contributed by atoms with Crippen LogP contribution in [-0.2, 0) is 9.53 Å². The lowest BCUT2D eigenvalue weighted by atomic mass is 9.95. The van der Waals surface area contributed by atoms with Crippen LogP contribution in [0.5, 0.6) is 17.2 Å². The number of esters is 1. The van der Waals surface area contributed by atoms with Crippen molar-refractivity contribution in [3.63, 3.8) is 0 Å². The number of hydrogen-bond acceptors (Lipinski definition) is 6. The van der Waals surface area contributed by atoms with Crippen molar-refractivity contribution >= 4 is 12.0 Å². The fourth-order valence-electron chi connectivity index (χ4n) is 3.70. The van der Waals surface area contributed by atoms with E-state index in [1.165, 1.54) is 21.3 Å². The molecular weight excluding hydrogens is 364 g/mol. The number of carbonyl (C=O) groups is 2. The van der Waals surface area contributed by atoms with Crippen molar-refractivity contribution in [1.82, 2.24) is 10.6 Å². The molecule has 1 aromatic rings. The molecule has 2 N–H and O–H groups in total. The van der Waals surface area contributed by atoms with Gasteiger partial charge >= 0.3 is 12.0 Å². The number of allylic oxidation sites excluding steroid dienone is 1. The molecule has 1 aromatic carbocycles. The Morgan fingerprint density at radius 2 is 1.64 bits per heavy atom. The van der Waals surface area contributed by atoms with Crippen LogP contribution < -0.4 is 24.8 Å². The maximum atomic E-state index is 12.9. The van der Waals surface area contributed by atoms with Gasteiger partial charge in [-0.25, -0.2) is 9.59 Å². The molecule has 1 heterocycles. The van der Waals surface area contributed by atoms with Crippen LogP contribution in [0.25, 0.3) is 0 Å². The fourth-order valence-corrected chi connectivity index (χ4v) is 3.70. The molecular formula is C20H26N2O6. The Kier molecular flexibility index (Phi) is 5.96. The molecule has 1 unspecified atom stereocenters. The SMILES string of the molecule is COc1cc(C2NC(=O)NC(C)=C2C(=O)OC2CCCC2)cc(OC)c1OC. The monoisotopic (exact) mass is 390 g/mol. The third kappa shape index (κ3) is 3.85. The van der Waals surface area contributed by atoms with Crippen LogP contribution in [0, 0.1) is 0 Å². The van der Waals surface area contributed by atoms with E-state index in [2.05, 4.69) is 10.6 Å². The number of carbonyl (C=O) groups excluding carboxylic acids is 2. The second-order valence-corrected chi connectivity index (χ2v) is 6.84. The first-order valence-electron chi connectivity index (χ1n) is 9.27. The Hall–Kier alpha value is -2.90. The third-order valence-corrected chi connectivity index (χ3v) is 5.09. The number of ether oxygens (including phenoxy) is 4. The zero-order valence-corrected chi connectivity index (χ0v) is 16.6. The number of hydrogen-bond donors (Lipinski definition) is 2. The van der Waals surface area contributed by atoms with E-state index in [1.54, 1.807) is 19.1 Å². The van der Waals surface area contributed by atoms with Crippen molar-refractivity contribution in [1.29, 1.82) is 0 Å². The molecule has 0 bridgehead atoms. The van der Waals surface area contributed by atoms with Crippen molar-refractivity contribution in [3.8, 4) is 17.2 Å². The summed E-state index contributed by atoms with van der Waals surface area (Å²) in [6.07, 6.45) is 3.77. The fraction of sp³-hybridized carbons (Fsp3) is 0.500. The molecule has 0 radical (unpaired) electrons. The van der Waals surface area contributed by atoms with Gasteiger partial charge in [0.1, 0.15) is 6.10 Å². The second-order valence-electron chi connectivity index (χ2n) is 6.84. The number of rotatable bonds is 6. The quantitative estimate of drug-likeness (QED) is 0.726. The lowest BCUT2D eigenvalue weighted by molar-refractivity contribution is -0.144. The molecule has 8 nitrogen and oxygen atoms in total. The summed E-state index contributed by atoms with van der Waals surface area (Å²) in [7, 11) is 4.54. The Balaban J connectivity index is 2.00. The summed E-state index contributed by atoms with van der Waals surface area (Å²) >= 11 is 0. The van der Waals surface area contributed by atoms with Gasteiger partial charge in [-0.3, -0.25) is 0 Å². The normalized spacial score (nSPS) is 19.7. The molecule has 0 aromatic heterocycles. The number of benzene rings is 1. The van der Waals surface area contributed by atoms with E-state index in [0.717, 1.165) is 25.7 Å². The predicted octanol–water partition coefficient (Wildman–Crippen LogP) is 2.83. The van der Waals surface area contributed by atoms with Crippen molar-refractivity contribution < 1.29 is 28.5 Å². The largest absolute Gasteiger partial charge is 0.493 e. The molecule has 28 heavy (non-hydrogen) atoms. The summed E-state index contributed by atoms with van der Waals surface area (Å²) in [5.41, 5.74) is 1.45. The highest BCUT2D eigenvalue weighted by atomic mass is 16.5. The molecule has 152 valence electrons. The molecule has 0 spiro atoms. The molecule has 2 aliphatic rings.